The molecule has 0 fully saturated rings. The van der Waals surface area contributed by atoms with Crippen LogP contribution in [0.15, 0.2) is 18.2 Å². The third-order valence-corrected chi connectivity index (χ3v) is 2.23. The standard InChI is InChI=1S/C12H17N3/c1-10-8-11(9-13)4-5-12(10)14-6-7-15(2)3/h4-5,8,14H,6-7H2,1-3H3. The second kappa shape index (κ2) is 5.38. The van der Waals surface area contributed by atoms with Gasteiger partial charge in [0.15, 0.2) is 0 Å². The van der Waals surface area contributed by atoms with Crippen molar-refractivity contribution >= 4 is 5.69 Å². The van der Waals surface area contributed by atoms with E-state index in [1.165, 1.54) is 0 Å². The van der Waals surface area contributed by atoms with Crippen LogP contribution in [0.3, 0.4) is 0 Å². The first-order valence-corrected chi connectivity index (χ1v) is 5.03. The quantitative estimate of drug-likeness (QED) is 0.811. The lowest BCUT2D eigenvalue weighted by atomic mass is 10.1. The largest absolute Gasteiger partial charge is 0.384 e. The van der Waals surface area contributed by atoms with Crippen LogP contribution in [0.4, 0.5) is 5.69 Å². The minimum atomic E-state index is 0.714. The average molecular weight is 203 g/mol. The van der Waals surface area contributed by atoms with E-state index in [4.69, 9.17) is 5.26 Å². The predicted molar refractivity (Wildman–Crippen MR) is 62.9 cm³/mol. The molecule has 80 valence electrons. The summed E-state index contributed by atoms with van der Waals surface area (Å²) >= 11 is 0. The third-order valence-electron chi connectivity index (χ3n) is 2.23. The zero-order valence-electron chi connectivity index (χ0n) is 9.54. The fourth-order valence-electron chi connectivity index (χ4n) is 1.35. The van der Waals surface area contributed by atoms with E-state index in [0.29, 0.717) is 5.56 Å². The molecule has 0 heterocycles. The summed E-state index contributed by atoms with van der Waals surface area (Å²) in [6.45, 7) is 3.93. The molecular weight excluding hydrogens is 186 g/mol. The molecule has 0 aliphatic heterocycles. The molecule has 0 spiro atoms. The van der Waals surface area contributed by atoms with Crippen molar-refractivity contribution in [2.45, 2.75) is 6.92 Å². The minimum Gasteiger partial charge on any atom is -0.384 e. The first-order valence-electron chi connectivity index (χ1n) is 5.03. The van der Waals surface area contributed by atoms with Gasteiger partial charge in [-0.2, -0.15) is 5.26 Å². The highest BCUT2D eigenvalue weighted by atomic mass is 15.1. The van der Waals surface area contributed by atoms with E-state index >= 15 is 0 Å². The Morgan fingerprint density at radius 1 is 1.40 bits per heavy atom. The number of hydrogen-bond donors (Lipinski definition) is 1. The summed E-state index contributed by atoms with van der Waals surface area (Å²) < 4.78 is 0. The zero-order valence-corrected chi connectivity index (χ0v) is 9.54. The maximum Gasteiger partial charge on any atom is 0.0991 e. The van der Waals surface area contributed by atoms with Gasteiger partial charge in [-0.3, -0.25) is 0 Å². The van der Waals surface area contributed by atoms with E-state index < -0.39 is 0 Å². The van der Waals surface area contributed by atoms with Crippen molar-refractivity contribution in [1.82, 2.24) is 4.90 Å². The highest BCUT2D eigenvalue weighted by Gasteiger charge is 1.99. The minimum absolute atomic E-state index is 0.714. The van der Waals surface area contributed by atoms with Crippen LogP contribution in [-0.2, 0) is 0 Å². The SMILES string of the molecule is Cc1cc(C#N)ccc1NCCN(C)C. The van der Waals surface area contributed by atoms with Gasteiger partial charge in [-0.1, -0.05) is 0 Å². The number of likely N-dealkylation sites (N-methyl/N-ethyl adjacent to an activating group) is 1. The van der Waals surface area contributed by atoms with Gasteiger partial charge >= 0.3 is 0 Å². The lowest BCUT2D eigenvalue weighted by Gasteiger charge is -2.13. The number of aryl methyl sites for hydroxylation is 1. The summed E-state index contributed by atoms with van der Waals surface area (Å²) in [5, 5.41) is 12.1. The summed E-state index contributed by atoms with van der Waals surface area (Å²) in [6.07, 6.45) is 0. The van der Waals surface area contributed by atoms with Gasteiger partial charge in [-0.25, -0.2) is 0 Å². The summed E-state index contributed by atoms with van der Waals surface area (Å²) in [5.74, 6) is 0. The first kappa shape index (κ1) is 11.5. The van der Waals surface area contributed by atoms with Crippen molar-refractivity contribution in [1.29, 1.82) is 5.26 Å². The number of benzene rings is 1. The Balaban J connectivity index is 2.59. The Morgan fingerprint density at radius 2 is 2.13 bits per heavy atom. The molecule has 1 N–H and O–H groups in total. The van der Waals surface area contributed by atoms with Crippen LogP contribution in [0.2, 0.25) is 0 Å². The Kier molecular flexibility index (Phi) is 4.14. The Bertz CT molecular complexity index is 364. The molecule has 0 unspecified atom stereocenters. The number of nitriles is 1. The Labute approximate surface area is 91.3 Å². The summed E-state index contributed by atoms with van der Waals surface area (Å²) in [7, 11) is 4.10. The molecule has 0 atom stereocenters. The van der Waals surface area contributed by atoms with Crippen LogP contribution >= 0.6 is 0 Å². The monoisotopic (exact) mass is 203 g/mol. The van der Waals surface area contributed by atoms with Crippen molar-refractivity contribution in [2.24, 2.45) is 0 Å². The van der Waals surface area contributed by atoms with E-state index in [1.807, 2.05) is 39.2 Å². The number of rotatable bonds is 4. The van der Waals surface area contributed by atoms with Crippen LogP contribution in [0.5, 0.6) is 0 Å². The van der Waals surface area contributed by atoms with Gasteiger partial charge in [-0.05, 0) is 44.8 Å². The lowest BCUT2D eigenvalue weighted by molar-refractivity contribution is 0.425. The van der Waals surface area contributed by atoms with Gasteiger partial charge in [0.25, 0.3) is 0 Å². The van der Waals surface area contributed by atoms with Gasteiger partial charge in [0.05, 0.1) is 11.6 Å². The summed E-state index contributed by atoms with van der Waals surface area (Å²) in [6, 6.07) is 7.83. The van der Waals surface area contributed by atoms with Crippen molar-refractivity contribution in [3.05, 3.63) is 29.3 Å². The topological polar surface area (TPSA) is 39.1 Å². The van der Waals surface area contributed by atoms with E-state index in [-0.39, 0.29) is 0 Å². The molecule has 0 saturated heterocycles. The number of nitrogens with one attached hydrogen (secondary N) is 1. The molecular formula is C12H17N3. The molecule has 0 aliphatic carbocycles. The number of anilines is 1. The van der Waals surface area contributed by atoms with Gasteiger partial charge in [-0.15, -0.1) is 0 Å². The molecule has 3 nitrogen and oxygen atoms in total. The molecule has 15 heavy (non-hydrogen) atoms. The van der Waals surface area contributed by atoms with E-state index in [9.17, 15) is 0 Å². The van der Waals surface area contributed by atoms with Crippen molar-refractivity contribution in [2.75, 3.05) is 32.5 Å². The smallest absolute Gasteiger partial charge is 0.0991 e. The zero-order chi connectivity index (χ0) is 11.3. The highest BCUT2D eigenvalue weighted by Crippen LogP contribution is 2.15. The van der Waals surface area contributed by atoms with Gasteiger partial charge < -0.3 is 10.2 Å². The molecule has 0 radical (unpaired) electrons. The fraction of sp³-hybridized carbons (Fsp3) is 0.417. The molecule has 1 aromatic rings. The van der Waals surface area contributed by atoms with Gasteiger partial charge in [0, 0.05) is 18.8 Å². The lowest BCUT2D eigenvalue weighted by Crippen LogP contribution is -2.21. The van der Waals surface area contributed by atoms with Crippen LogP contribution in [0, 0.1) is 18.3 Å². The second-order valence-corrected chi connectivity index (χ2v) is 3.87. The molecule has 3 heteroatoms. The average Bonchev–Trinajstić information content (AvgIpc) is 2.20. The second-order valence-electron chi connectivity index (χ2n) is 3.87. The highest BCUT2D eigenvalue weighted by molar-refractivity contribution is 5.53. The maximum atomic E-state index is 8.72. The molecule has 0 aliphatic rings. The molecule has 0 amide bonds. The number of nitrogens with zero attached hydrogens (tertiary/aromatic N) is 2. The van der Waals surface area contributed by atoms with Crippen molar-refractivity contribution in [3.63, 3.8) is 0 Å². The Morgan fingerprint density at radius 3 is 2.67 bits per heavy atom. The summed E-state index contributed by atoms with van der Waals surface area (Å²) in [5.41, 5.74) is 2.94. The fourth-order valence-corrected chi connectivity index (χ4v) is 1.35. The number of hydrogen-bond acceptors (Lipinski definition) is 3. The maximum absolute atomic E-state index is 8.72. The van der Waals surface area contributed by atoms with Crippen molar-refractivity contribution < 1.29 is 0 Å². The molecule has 1 rings (SSSR count). The molecule has 0 aromatic heterocycles. The molecule has 1 aromatic carbocycles. The van der Waals surface area contributed by atoms with E-state index in [2.05, 4.69) is 16.3 Å². The van der Waals surface area contributed by atoms with Gasteiger partial charge in [0.2, 0.25) is 0 Å². The predicted octanol–water partition coefficient (Wildman–Crippen LogP) is 1.84. The van der Waals surface area contributed by atoms with Crippen LogP contribution in [0.25, 0.3) is 0 Å². The van der Waals surface area contributed by atoms with Crippen molar-refractivity contribution in [3.8, 4) is 6.07 Å². The normalized spacial score (nSPS) is 10.1. The van der Waals surface area contributed by atoms with Crippen LogP contribution in [-0.4, -0.2) is 32.1 Å². The molecule has 0 bridgehead atoms. The first-order chi connectivity index (χ1) is 7.13. The Hall–Kier alpha value is -1.53. The third kappa shape index (κ3) is 3.61. The van der Waals surface area contributed by atoms with Crippen LogP contribution in [0.1, 0.15) is 11.1 Å². The van der Waals surface area contributed by atoms with Crippen LogP contribution < -0.4 is 5.32 Å². The molecule has 0 saturated carbocycles. The van der Waals surface area contributed by atoms with Gasteiger partial charge in [0.1, 0.15) is 0 Å². The van der Waals surface area contributed by atoms with E-state index in [0.717, 1.165) is 24.3 Å². The summed E-state index contributed by atoms with van der Waals surface area (Å²) in [4.78, 5) is 2.13. The van der Waals surface area contributed by atoms with E-state index in [1.54, 1.807) is 0 Å².